The van der Waals surface area contributed by atoms with Gasteiger partial charge in [-0.1, -0.05) is 36.4 Å². The molecule has 396 valence electrons. The highest BCUT2D eigenvalue weighted by molar-refractivity contribution is 6.15. The fraction of sp³-hybridized carbons (Fsp3) is 0.333. The van der Waals surface area contributed by atoms with Gasteiger partial charge in [0.2, 0.25) is 11.8 Å². The lowest BCUT2D eigenvalue weighted by Crippen LogP contribution is -2.39. The van der Waals surface area contributed by atoms with Crippen LogP contribution < -0.4 is 43.8 Å². The maximum atomic E-state index is 14.2. The van der Waals surface area contributed by atoms with Gasteiger partial charge in [0.15, 0.2) is 23.0 Å². The van der Waals surface area contributed by atoms with E-state index in [1.54, 1.807) is 37.3 Å². The van der Waals surface area contributed by atoms with Gasteiger partial charge < -0.3 is 63.3 Å². The molecule has 4 aliphatic heterocycles. The summed E-state index contributed by atoms with van der Waals surface area (Å²) in [5.74, 6) is -0.236. The molecule has 19 nitrogen and oxygen atoms in total. The van der Waals surface area contributed by atoms with Gasteiger partial charge in [0.1, 0.15) is 13.2 Å². The SMILES string of the molecule is COCCOCCOCCN(CCCC(=O)On1c(O)ccc1O)c1cc(COc2cc3c(cc2OC)C(=O)N2c4ccccc4C[C@H]2C=N3)cc(COc2cc3c(cc2OC)C(=O)N2c4ccccc4CC2CN3)c1. The third-order valence-electron chi connectivity index (χ3n) is 13.8. The molecule has 0 radical (unpaired) electrons. The van der Waals surface area contributed by atoms with Gasteiger partial charge in [-0.25, -0.2) is 4.79 Å². The van der Waals surface area contributed by atoms with Gasteiger partial charge in [-0.2, -0.15) is 0 Å². The van der Waals surface area contributed by atoms with Crippen LogP contribution in [0.15, 0.2) is 108 Å². The van der Waals surface area contributed by atoms with Gasteiger partial charge in [0, 0.05) is 87.1 Å². The Morgan fingerprint density at radius 2 is 1.30 bits per heavy atom. The normalized spacial score (nSPS) is 15.8. The van der Waals surface area contributed by atoms with Gasteiger partial charge in [-0.15, -0.1) is 4.73 Å². The zero-order valence-corrected chi connectivity index (χ0v) is 42.6. The van der Waals surface area contributed by atoms with Crippen molar-refractivity contribution >= 4 is 52.4 Å². The number of ether oxygens (including phenoxy) is 7. The second-order valence-corrected chi connectivity index (χ2v) is 18.7. The molecule has 76 heavy (non-hydrogen) atoms. The first-order chi connectivity index (χ1) is 37.1. The third kappa shape index (κ3) is 10.9. The van der Waals surface area contributed by atoms with Crippen molar-refractivity contribution in [1.82, 2.24) is 4.73 Å². The molecule has 2 atom stereocenters. The summed E-state index contributed by atoms with van der Waals surface area (Å²) in [7, 11) is 4.68. The van der Waals surface area contributed by atoms with Gasteiger partial charge in [-0.3, -0.25) is 19.5 Å². The highest BCUT2D eigenvalue weighted by atomic mass is 16.7. The van der Waals surface area contributed by atoms with Crippen LogP contribution in [0.25, 0.3) is 0 Å². The van der Waals surface area contributed by atoms with E-state index in [1.165, 1.54) is 19.2 Å². The molecule has 6 aromatic rings. The average Bonchev–Trinajstić information content (AvgIpc) is 4.05. The number of nitrogens with one attached hydrogen (secondary N) is 1. The van der Waals surface area contributed by atoms with E-state index in [9.17, 15) is 24.6 Å². The van der Waals surface area contributed by atoms with Crippen molar-refractivity contribution in [2.75, 3.05) is 94.0 Å². The number of anilines is 4. The van der Waals surface area contributed by atoms with Crippen molar-refractivity contribution in [1.29, 1.82) is 0 Å². The van der Waals surface area contributed by atoms with Crippen molar-refractivity contribution in [2.24, 2.45) is 4.99 Å². The van der Waals surface area contributed by atoms with Crippen LogP contribution in [0.5, 0.6) is 34.8 Å². The van der Waals surface area contributed by atoms with Crippen molar-refractivity contribution in [3.8, 4) is 34.8 Å². The molecule has 0 bridgehead atoms. The van der Waals surface area contributed by atoms with E-state index in [2.05, 4.69) is 16.3 Å². The number of methoxy groups -OCH3 is 3. The number of carbonyl (C=O) groups excluding carboxylic acids is 3. The van der Waals surface area contributed by atoms with Crippen LogP contribution in [0, 0.1) is 0 Å². The molecule has 2 amide bonds. The van der Waals surface area contributed by atoms with E-state index in [1.807, 2.05) is 77.8 Å². The predicted molar refractivity (Wildman–Crippen MR) is 284 cm³/mol. The summed E-state index contributed by atoms with van der Waals surface area (Å²) in [5.41, 5.74) is 8.23. The largest absolute Gasteiger partial charge is 0.493 e. The van der Waals surface area contributed by atoms with Crippen LogP contribution in [0.1, 0.15) is 55.8 Å². The second-order valence-electron chi connectivity index (χ2n) is 18.7. The monoisotopic (exact) mass is 1040 g/mol. The zero-order valence-electron chi connectivity index (χ0n) is 42.6. The van der Waals surface area contributed by atoms with Gasteiger partial charge in [-0.05, 0) is 77.6 Å². The number of aromatic hydroxyl groups is 2. The topological polar surface area (TPSA) is 205 Å². The van der Waals surface area contributed by atoms with Crippen LogP contribution in [0.4, 0.5) is 28.4 Å². The maximum absolute atomic E-state index is 14.2. The number of benzene rings is 5. The Labute approximate surface area is 439 Å². The van der Waals surface area contributed by atoms with Crippen LogP contribution in [-0.4, -0.2) is 125 Å². The summed E-state index contributed by atoms with van der Waals surface area (Å²) in [6.07, 6.45) is 3.49. The summed E-state index contributed by atoms with van der Waals surface area (Å²) in [6.45, 7) is 3.40. The maximum Gasteiger partial charge on any atom is 0.333 e. The first-order valence-electron chi connectivity index (χ1n) is 25.2. The number of amides is 2. The van der Waals surface area contributed by atoms with Gasteiger partial charge in [0.05, 0.1) is 81.8 Å². The molecule has 5 aromatic carbocycles. The smallest absolute Gasteiger partial charge is 0.333 e. The predicted octanol–water partition coefficient (Wildman–Crippen LogP) is 7.28. The summed E-state index contributed by atoms with van der Waals surface area (Å²) in [6, 6.07) is 30.9. The van der Waals surface area contributed by atoms with E-state index in [0.29, 0.717) is 116 Å². The van der Waals surface area contributed by atoms with Gasteiger partial charge in [0.25, 0.3) is 11.8 Å². The van der Waals surface area contributed by atoms with Crippen LogP contribution >= 0.6 is 0 Å². The molecule has 0 spiro atoms. The fourth-order valence-corrected chi connectivity index (χ4v) is 10.1. The molecule has 19 heteroatoms. The minimum Gasteiger partial charge on any atom is -0.493 e. The Morgan fingerprint density at radius 3 is 2.00 bits per heavy atom. The molecule has 0 saturated heterocycles. The number of rotatable bonds is 23. The van der Waals surface area contributed by atoms with Crippen LogP contribution in [0.2, 0.25) is 0 Å². The highest BCUT2D eigenvalue weighted by Crippen LogP contribution is 2.43. The number of hydrogen-bond acceptors (Lipinski definition) is 16. The standard InChI is InChI=1S/C57H60N6O13/c1-69-19-20-73-22-21-72-18-17-60(16-8-13-55(66)76-63-53(64)14-15-54(63)65)40-24-36(34-74-51-30-45-43(28-49(51)70-2)56(67)61-41(32-58-45)26-38-9-4-6-11-47(38)61)23-37(25-40)35-75-52-31-46-44(29-50(52)71-3)57(68)62-42(33-59-46)27-39-10-5-7-12-48(39)62/h4-7,9-12,14-15,23-25,28-32,41-42,59,64-65H,8,13,16-22,26-27,33-35H2,1-3H3/t41-,42?/m0/s1. The number of para-hydroxylation sites is 2. The number of aromatic nitrogens is 1. The van der Waals surface area contributed by atoms with E-state index in [0.717, 1.165) is 45.7 Å². The van der Waals surface area contributed by atoms with Crippen molar-refractivity contribution in [2.45, 2.75) is 51.0 Å². The fourth-order valence-electron chi connectivity index (χ4n) is 10.1. The van der Waals surface area contributed by atoms with Crippen molar-refractivity contribution in [3.05, 3.63) is 137 Å². The summed E-state index contributed by atoms with van der Waals surface area (Å²) in [5, 5.41) is 23.6. The molecule has 3 N–H and O–H groups in total. The van der Waals surface area contributed by atoms with Gasteiger partial charge >= 0.3 is 5.97 Å². The lowest BCUT2D eigenvalue weighted by Gasteiger charge is -2.26. The number of carbonyl (C=O) groups is 3. The van der Waals surface area contributed by atoms with Crippen molar-refractivity contribution < 1.29 is 62.6 Å². The average molecular weight is 1040 g/mol. The first-order valence-corrected chi connectivity index (χ1v) is 25.2. The lowest BCUT2D eigenvalue weighted by molar-refractivity contribution is -0.145. The first kappa shape index (κ1) is 51.2. The molecule has 10 rings (SSSR count). The Balaban J connectivity index is 0.928. The Hall–Kier alpha value is -8.26. The Bertz CT molecular complexity index is 3120. The Morgan fingerprint density at radius 1 is 0.684 bits per heavy atom. The lowest BCUT2D eigenvalue weighted by atomic mass is 10.1. The van der Waals surface area contributed by atoms with E-state index < -0.39 is 17.7 Å². The summed E-state index contributed by atoms with van der Waals surface area (Å²) >= 11 is 0. The molecule has 5 heterocycles. The second kappa shape index (κ2) is 23.1. The van der Waals surface area contributed by atoms with Crippen molar-refractivity contribution in [3.63, 3.8) is 0 Å². The summed E-state index contributed by atoms with van der Waals surface area (Å²) in [4.78, 5) is 57.2. The minimum absolute atomic E-state index is 0.0473. The number of fused-ring (bicyclic) bond motifs is 8. The molecular formula is C57H60N6O13. The number of hydrogen-bond donors (Lipinski definition) is 3. The van der Waals surface area contributed by atoms with E-state index in [-0.39, 0.29) is 43.5 Å². The highest BCUT2D eigenvalue weighted by Gasteiger charge is 2.39. The number of aliphatic imine (C=N–C) groups is 1. The molecule has 4 aliphatic rings. The third-order valence-corrected chi connectivity index (χ3v) is 13.8. The molecule has 1 aromatic heterocycles. The Kier molecular flexibility index (Phi) is 15.6. The molecule has 0 fully saturated rings. The molecular weight excluding hydrogens is 977 g/mol. The van der Waals surface area contributed by atoms with Crippen LogP contribution in [0.3, 0.4) is 0 Å². The van der Waals surface area contributed by atoms with Crippen LogP contribution in [-0.2, 0) is 45.1 Å². The zero-order chi connectivity index (χ0) is 52.7. The minimum atomic E-state index is -0.663. The van der Waals surface area contributed by atoms with E-state index in [4.69, 9.17) is 43.0 Å². The van der Waals surface area contributed by atoms with E-state index >= 15 is 0 Å². The quantitative estimate of drug-likeness (QED) is 0.0540. The number of nitrogens with zero attached hydrogens (tertiary/aromatic N) is 5. The summed E-state index contributed by atoms with van der Waals surface area (Å²) < 4.78 is 42.2. The molecule has 1 unspecified atom stereocenters. The molecule has 0 aliphatic carbocycles. The molecule has 0 saturated carbocycles.